The summed E-state index contributed by atoms with van der Waals surface area (Å²) in [6.45, 7) is 6.06. The molecule has 5 heteroatoms. The third-order valence-corrected chi connectivity index (χ3v) is 4.81. The van der Waals surface area contributed by atoms with E-state index in [4.69, 9.17) is 5.73 Å². The Morgan fingerprint density at radius 1 is 1.21 bits per heavy atom. The van der Waals surface area contributed by atoms with Crippen molar-refractivity contribution in [3.63, 3.8) is 0 Å². The number of hydrogen-bond donors (Lipinski definition) is 2. The summed E-state index contributed by atoms with van der Waals surface area (Å²) in [5.41, 5.74) is 9.52. The highest BCUT2D eigenvalue weighted by atomic mass is 15.2. The average molecular weight is 325 g/mol. The maximum Gasteiger partial charge on any atom is 0.157 e. The van der Waals surface area contributed by atoms with Gasteiger partial charge in [-0.3, -0.25) is 0 Å². The molecule has 1 aliphatic rings. The quantitative estimate of drug-likeness (QED) is 0.876. The van der Waals surface area contributed by atoms with Gasteiger partial charge in [0.25, 0.3) is 0 Å². The Balaban J connectivity index is 1.76. The van der Waals surface area contributed by atoms with Gasteiger partial charge in [-0.15, -0.1) is 0 Å². The molecule has 2 heterocycles. The van der Waals surface area contributed by atoms with E-state index in [-0.39, 0.29) is 0 Å². The van der Waals surface area contributed by atoms with Crippen molar-refractivity contribution in [2.45, 2.75) is 52.1 Å². The zero-order valence-electron chi connectivity index (χ0n) is 14.6. The van der Waals surface area contributed by atoms with Crippen LogP contribution in [0.1, 0.15) is 43.7 Å². The summed E-state index contributed by atoms with van der Waals surface area (Å²) < 4.78 is 0. The molecular weight excluding hydrogens is 298 g/mol. The molecule has 0 amide bonds. The second-order valence-electron chi connectivity index (χ2n) is 6.55. The summed E-state index contributed by atoms with van der Waals surface area (Å²) in [7, 11) is 0. The number of anilines is 3. The fraction of sp³-hybridized carbons (Fsp3) is 0.474. The van der Waals surface area contributed by atoms with Gasteiger partial charge >= 0.3 is 0 Å². The first-order valence-corrected chi connectivity index (χ1v) is 8.85. The van der Waals surface area contributed by atoms with Gasteiger partial charge in [0.15, 0.2) is 11.6 Å². The van der Waals surface area contributed by atoms with Crippen LogP contribution in [0, 0.1) is 6.92 Å². The van der Waals surface area contributed by atoms with E-state index >= 15 is 0 Å². The first-order chi connectivity index (χ1) is 11.7. The lowest BCUT2D eigenvalue weighted by atomic mass is 10.00. The van der Waals surface area contributed by atoms with Crippen LogP contribution in [0.5, 0.6) is 0 Å². The topological polar surface area (TPSA) is 67.1 Å². The predicted molar refractivity (Wildman–Crippen MR) is 100 cm³/mol. The number of hydrogen-bond acceptors (Lipinski definition) is 5. The highest BCUT2D eigenvalue weighted by molar-refractivity contribution is 5.75. The molecule has 0 bridgehead atoms. The number of nitrogens with zero attached hydrogens (tertiary/aromatic N) is 3. The van der Waals surface area contributed by atoms with Crippen LogP contribution in [0.2, 0.25) is 0 Å². The smallest absolute Gasteiger partial charge is 0.157 e. The van der Waals surface area contributed by atoms with E-state index in [1.54, 1.807) is 6.33 Å². The van der Waals surface area contributed by atoms with Gasteiger partial charge in [-0.1, -0.05) is 36.8 Å². The molecule has 5 nitrogen and oxygen atoms in total. The molecule has 128 valence electrons. The molecule has 1 aliphatic heterocycles. The number of aromatic nitrogens is 2. The molecule has 1 unspecified atom stereocenters. The molecule has 0 saturated carbocycles. The summed E-state index contributed by atoms with van der Waals surface area (Å²) in [4.78, 5) is 11.2. The van der Waals surface area contributed by atoms with Crippen molar-refractivity contribution in [1.82, 2.24) is 9.97 Å². The molecule has 3 rings (SSSR count). The van der Waals surface area contributed by atoms with Crippen molar-refractivity contribution in [3.05, 3.63) is 41.7 Å². The molecule has 1 aromatic carbocycles. The minimum absolute atomic E-state index is 0.529. The molecule has 0 spiro atoms. The molecule has 1 fully saturated rings. The van der Waals surface area contributed by atoms with Gasteiger partial charge in [-0.2, -0.15) is 0 Å². The van der Waals surface area contributed by atoms with Crippen molar-refractivity contribution in [1.29, 1.82) is 0 Å². The van der Waals surface area contributed by atoms with E-state index < -0.39 is 0 Å². The van der Waals surface area contributed by atoms with E-state index in [0.29, 0.717) is 18.3 Å². The molecule has 0 radical (unpaired) electrons. The fourth-order valence-corrected chi connectivity index (χ4v) is 3.35. The van der Waals surface area contributed by atoms with Gasteiger partial charge in [0.05, 0.1) is 0 Å². The third-order valence-electron chi connectivity index (χ3n) is 4.81. The van der Waals surface area contributed by atoms with Crippen molar-refractivity contribution in [3.8, 4) is 0 Å². The van der Waals surface area contributed by atoms with Gasteiger partial charge in [0.1, 0.15) is 12.0 Å². The number of nitrogen functional groups attached to an aromatic ring is 1. The summed E-state index contributed by atoms with van der Waals surface area (Å²) in [6, 6.07) is 9.01. The zero-order valence-corrected chi connectivity index (χ0v) is 14.6. The van der Waals surface area contributed by atoms with E-state index in [9.17, 15) is 0 Å². The van der Waals surface area contributed by atoms with Crippen LogP contribution in [-0.4, -0.2) is 22.6 Å². The molecule has 0 aliphatic carbocycles. The van der Waals surface area contributed by atoms with Crippen molar-refractivity contribution in [2.75, 3.05) is 22.5 Å². The maximum atomic E-state index is 6.39. The highest BCUT2D eigenvalue weighted by Crippen LogP contribution is 2.32. The summed E-state index contributed by atoms with van der Waals surface area (Å²) in [5, 5.41) is 3.36. The van der Waals surface area contributed by atoms with Gasteiger partial charge in [-0.25, -0.2) is 9.97 Å². The van der Waals surface area contributed by atoms with Crippen LogP contribution in [0.15, 0.2) is 30.6 Å². The number of nitrogens with two attached hydrogens (primary N) is 1. The lowest BCUT2D eigenvalue weighted by Crippen LogP contribution is -2.40. The van der Waals surface area contributed by atoms with Crippen LogP contribution < -0.4 is 16.0 Å². The predicted octanol–water partition coefficient (Wildman–Crippen LogP) is 3.75. The van der Waals surface area contributed by atoms with Crippen molar-refractivity contribution in [2.24, 2.45) is 0 Å². The molecule has 1 atom stereocenters. The molecule has 1 aromatic heterocycles. The second kappa shape index (κ2) is 7.51. The summed E-state index contributed by atoms with van der Waals surface area (Å²) in [6.07, 6.45) is 6.44. The SMILES string of the molecule is CCC1CCCCN1c1ncnc(NCc2ccc(C)cc2)c1N. The molecule has 1 saturated heterocycles. The Bertz CT molecular complexity index is 668. The third kappa shape index (κ3) is 3.61. The van der Waals surface area contributed by atoms with E-state index in [0.717, 1.165) is 24.6 Å². The first-order valence-electron chi connectivity index (χ1n) is 8.85. The molecule has 3 N–H and O–H groups in total. The van der Waals surface area contributed by atoms with Gasteiger partial charge in [0.2, 0.25) is 0 Å². The van der Waals surface area contributed by atoms with E-state index in [1.807, 2.05) is 0 Å². The lowest BCUT2D eigenvalue weighted by Gasteiger charge is -2.36. The summed E-state index contributed by atoms with van der Waals surface area (Å²) >= 11 is 0. The van der Waals surface area contributed by atoms with Crippen molar-refractivity contribution < 1.29 is 0 Å². The lowest BCUT2D eigenvalue weighted by molar-refractivity contribution is 0.447. The van der Waals surface area contributed by atoms with Gasteiger partial charge in [0, 0.05) is 19.1 Å². The zero-order chi connectivity index (χ0) is 16.9. The Hall–Kier alpha value is -2.30. The second-order valence-corrected chi connectivity index (χ2v) is 6.55. The standard InChI is InChI=1S/C19H27N5/c1-3-16-6-4-5-11-24(16)19-17(20)18(22-13-23-19)21-12-15-9-7-14(2)8-10-15/h7-10,13,16H,3-6,11-12,20H2,1-2H3,(H,21,22,23). The number of aryl methyl sites for hydroxylation is 1. The monoisotopic (exact) mass is 325 g/mol. The Kier molecular flexibility index (Phi) is 5.18. The van der Waals surface area contributed by atoms with Gasteiger partial charge in [-0.05, 0) is 38.2 Å². The molecular formula is C19H27N5. The highest BCUT2D eigenvalue weighted by Gasteiger charge is 2.24. The average Bonchev–Trinajstić information content (AvgIpc) is 2.62. The van der Waals surface area contributed by atoms with Crippen LogP contribution in [0.3, 0.4) is 0 Å². The van der Waals surface area contributed by atoms with E-state index in [1.165, 1.54) is 30.4 Å². The largest absolute Gasteiger partial charge is 0.393 e. The van der Waals surface area contributed by atoms with Crippen LogP contribution in [0.25, 0.3) is 0 Å². The maximum absolute atomic E-state index is 6.39. The summed E-state index contributed by atoms with van der Waals surface area (Å²) in [5.74, 6) is 1.60. The fourth-order valence-electron chi connectivity index (χ4n) is 3.35. The Morgan fingerprint density at radius 2 is 2.00 bits per heavy atom. The van der Waals surface area contributed by atoms with Crippen molar-refractivity contribution >= 4 is 17.3 Å². The van der Waals surface area contributed by atoms with E-state index in [2.05, 4.69) is 58.3 Å². The molecule has 24 heavy (non-hydrogen) atoms. The number of rotatable bonds is 5. The van der Waals surface area contributed by atoms with Crippen LogP contribution in [0.4, 0.5) is 17.3 Å². The minimum Gasteiger partial charge on any atom is -0.393 e. The Labute approximate surface area is 144 Å². The first kappa shape index (κ1) is 16.6. The van der Waals surface area contributed by atoms with Crippen LogP contribution >= 0.6 is 0 Å². The number of benzene rings is 1. The molecule has 2 aromatic rings. The van der Waals surface area contributed by atoms with Gasteiger partial charge < -0.3 is 16.0 Å². The normalized spacial score (nSPS) is 17.8. The van der Waals surface area contributed by atoms with Crippen LogP contribution in [-0.2, 0) is 6.54 Å². The minimum atomic E-state index is 0.529. The number of piperidine rings is 1. The number of nitrogens with one attached hydrogen (secondary N) is 1. The Morgan fingerprint density at radius 3 is 2.75 bits per heavy atom.